The molecule has 112 valence electrons. The molecule has 1 saturated carbocycles. The molecule has 1 N–H and O–H groups in total. The molecule has 1 aromatic heterocycles. The lowest BCUT2D eigenvalue weighted by Crippen LogP contribution is -2.41. The van der Waals surface area contributed by atoms with Crippen LogP contribution in [0.3, 0.4) is 0 Å². The van der Waals surface area contributed by atoms with Crippen molar-refractivity contribution in [2.75, 3.05) is 0 Å². The van der Waals surface area contributed by atoms with Gasteiger partial charge < -0.3 is 9.84 Å². The van der Waals surface area contributed by atoms with Gasteiger partial charge in [0.2, 0.25) is 5.91 Å². The number of carbonyl (C=O) groups is 1. The van der Waals surface area contributed by atoms with Crippen molar-refractivity contribution in [1.82, 2.24) is 10.5 Å². The molecule has 1 aliphatic carbocycles. The zero-order valence-corrected chi connectivity index (χ0v) is 12.7. The molecular formula is C17H22N2O2. The average molecular weight is 286 g/mol. The highest BCUT2D eigenvalue weighted by Gasteiger charge is 2.23. The molecule has 0 spiro atoms. The molecule has 0 bridgehead atoms. The minimum absolute atomic E-state index is 0.0467. The van der Waals surface area contributed by atoms with Crippen LogP contribution in [0.15, 0.2) is 22.7 Å². The quantitative estimate of drug-likeness (QED) is 0.941. The van der Waals surface area contributed by atoms with Gasteiger partial charge in [-0.05, 0) is 37.8 Å². The number of aryl methyl sites for hydroxylation is 1. The fourth-order valence-electron chi connectivity index (χ4n) is 3.17. The molecule has 21 heavy (non-hydrogen) atoms. The van der Waals surface area contributed by atoms with Crippen LogP contribution in [-0.2, 0) is 11.2 Å². The summed E-state index contributed by atoms with van der Waals surface area (Å²) >= 11 is 0. The number of aromatic nitrogens is 1. The number of rotatable bonds is 3. The van der Waals surface area contributed by atoms with Gasteiger partial charge in [0.05, 0.1) is 6.42 Å². The van der Waals surface area contributed by atoms with Crippen molar-refractivity contribution < 1.29 is 9.32 Å². The third kappa shape index (κ3) is 3.09. The van der Waals surface area contributed by atoms with Crippen LogP contribution in [0.25, 0.3) is 11.0 Å². The Hall–Kier alpha value is -1.84. The van der Waals surface area contributed by atoms with Crippen LogP contribution in [0.2, 0.25) is 0 Å². The second-order valence-electron chi connectivity index (χ2n) is 6.24. The van der Waals surface area contributed by atoms with Crippen molar-refractivity contribution in [1.29, 1.82) is 0 Å². The summed E-state index contributed by atoms with van der Waals surface area (Å²) in [5, 5.41) is 8.16. The third-order valence-corrected chi connectivity index (χ3v) is 4.49. The maximum atomic E-state index is 12.3. The van der Waals surface area contributed by atoms with Gasteiger partial charge in [0, 0.05) is 11.4 Å². The molecule has 4 nitrogen and oxygen atoms in total. The first-order chi connectivity index (χ1) is 10.1. The molecule has 2 aromatic rings. The molecule has 0 aliphatic heterocycles. The van der Waals surface area contributed by atoms with Gasteiger partial charge in [0.15, 0.2) is 5.58 Å². The van der Waals surface area contributed by atoms with Crippen LogP contribution in [-0.4, -0.2) is 17.1 Å². The number of carbonyl (C=O) groups excluding carboxylic acids is 1. The topological polar surface area (TPSA) is 55.1 Å². The van der Waals surface area contributed by atoms with E-state index in [2.05, 4.69) is 17.4 Å². The number of fused-ring (bicyclic) bond motifs is 1. The summed E-state index contributed by atoms with van der Waals surface area (Å²) in [4.78, 5) is 12.3. The SMILES string of the molecule is Cc1ccc2onc(CC(=O)NC3CCCCC3C)c2c1. The molecule has 2 atom stereocenters. The highest BCUT2D eigenvalue weighted by Crippen LogP contribution is 2.24. The van der Waals surface area contributed by atoms with Crippen molar-refractivity contribution >= 4 is 16.9 Å². The highest BCUT2D eigenvalue weighted by molar-refractivity contribution is 5.86. The molecule has 0 saturated heterocycles. The van der Waals surface area contributed by atoms with E-state index in [1.165, 1.54) is 19.3 Å². The number of amides is 1. The number of hydrogen-bond acceptors (Lipinski definition) is 3. The minimum Gasteiger partial charge on any atom is -0.356 e. The Bertz CT molecular complexity index is 647. The second kappa shape index (κ2) is 5.88. The molecule has 1 aromatic carbocycles. The predicted octanol–water partition coefficient (Wildman–Crippen LogP) is 3.37. The molecule has 4 heteroatoms. The number of nitrogens with one attached hydrogen (secondary N) is 1. The van der Waals surface area contributed by atoms with Gasteiger partial charge in [-0.2, -0.15) is 0 Å². The number of nitrogens with zero attached hydrogens (tertiary/aromatic N) is 1. The van der Waals surface area contributed by atoms with E-state index >= 15 is 0 Å². The zero-order valence-electron chi connectivity index (χ0n) is 12.7. The zero-order chi connectivity index (χ0) is 14.8. The van der Waals surface area contributed by atoms with Crippen molar-refractivity contribution in [3.8, 4) is 0 Å². The summed E-state index contributed by atoms with van der Waals surface area (Å²) in [5.41, 5.74) is 2.62. The fourth-order valence-corrected chi connectivity index (χ4v) is 3.17. The Morgan fingerprint density at radius 3 is 3.00 bits per heavy atom. The summed E-state index contributed by atoms with van der Waals surface area (Å²) < 4.78 is 5.29. The molecule has 1 amide bonds. The number of benzene rings is 1. The summed E-state index contributed by atoms with van der Waals surface area (Å²) in [5.74, 6) is 0.615. The monoisotopic (exact) mass is 286 g/mol. The van der Waals surface area contributed by atoms with Gasteiger partial charge in [-0.25, -0.2) is 0 Å². The first-order valence-corrected chi connectivity index (χ1v) is 7.78. The molecule has 0 radical (unpaired) electrons. The van der Waals surface area contributed by atoms with Gasteiger partial charge >= 0.3 is 0 Å². The highest BCUT2D eigenvalue weighted by atomic mass is 16.5. The van der Waals surface area contributed by atoms with E-state index in [0.29, 0.717) is 18.4 Å². The Morgan fingerprint density at radius 1 is 1.38 bits per heavy atom. The van der Waals surface area contributed by atoms with Crippen LogP contribution in [0.4, 0.5) is 0 Å². The summed E-state index contributed by atoms with van der Waals surface area (Å²) in [6.07, 6.45) is 5.07. The summed E-state index contributed by atoms with van der Waals surface area (Å²) in [7, 11) is 0. The molecule has 2 unspecified atom stereocenters. The Labute approximate surface area is 124 Å². The summed E-state index contributed by atoms with van der Waals surface area (Å²) in [6.45, 7) is 4.25. The van der Waals surface area contributed by atoms with E-state index < -0.39 is 0 Å². The lowest BCUT2D eigenvalue weighted by molar-refractivity contribution is -0.121. The lowest BCUT2D eigenvalue weighted by Gasteiger charge is -2.29. The molecule has 1 aliphatic rings. The Morgan fingerprint density at radius 2 is 2.19 bits per heavy atom. The van der Waals surface area contributed by atoms with Gasteiger partial charge in [-0.3, -0.25) is 4.79 Å². The van der Waals surface area contributed by atoms with E-state index in [1.807, 2.05) is 25.1 Å². The van der Waals surface area contributed by atoms with Crippen molar-refractivity contribution in [3.63, 3.8) is 0 Å². The van der Waals surface area contributed by atoms with E-state index in [0.717, 1.165) is 28.6 Å². The van der Waals surface area contributed by atoms with Crippen LogP contribution < -0.4 is 5.32 Å². The maximum absolute atomic E-state index is 12.3. The predicted molar refractivity (Wildman–Crippen MR) is 82.0 cm³/mol. The lowest BCUT2D eigenvalue weighted by atomic mass is 9.86. The molecule has 3 rings (SSSR count). The largest absolute Gasteiger partial charge is 0.356 e. The Kier molecular flexibility index (Phi) is 3.95. The second-order valence-corrected chi connectivity index (χ2v) is 6.24. The molecule has 1 heterocycles. The minimum atomic E-state index is 0.0467. The smallest absolute Gasteiger partial charge is 0.226 e. The van der Waals surface area contributed by atoms with Crippen LogP contribution in [0.5, 0.6) is 0 Å². The van der Waals surface area contributed by atoms with Gasteiger partial charge in [-0.15, -0.1) is 0 Å². The van der Waals surface area contributed by atoms with Crippen LogP contribution in [0, 0.1) is 12.8 Å². The summed E-state index contributed by atoms with van der Waals surface area (Å²) in [6, 6.07) is 6.23. The van der Waals surface area contributed by atoms with E-state index in [4.69, 9.17) is 4.52 Å². The van der Waals surface area contributed by atoms with Gasteiger partial charge in [0.1, 0.15) is 5.69 Å². The van der Waals surface area contributed by atoms with Gasteiger partial charge in [0.25, 0.3) is 0 Å². The normalized spacial score (nSPS) is 22.4. The molecule has 1 fully saturated rings. The standard InChI is InChI=1S/C17H22N2O2/c1-11-7-8-16-13(9-11)15(19-21-16)10-17(20)18-14-6-4-3-5-12(14)2/h7-9,12,14H,3-6,10H2,1-2H3,(H,18,20). The maximum Gasteiger partial charge on any atom is 0.226 e. The van der Waals surface area contributed by atoms with E-state index in [9.17, 15) is 4.79 Å². The molecular weight excluding hydrogens is 264 g/mol. The number of hydrogen-bond donors (Lipinski definition) is 1. The van der Waals surface area contributed by atoms with Crippen molar-refractivity contribution in [2.45, 2.75) is 52.0 Å². The van der Waals surface area contributed by atoms with Crippen molar-refractivity contribution in [3.05, 3.63) is 29.5 Å². The fraction of sp³-hybridized carbons (Fsp3) is 0.529. The Balaban J connectivity index is 1.70. The first-order valence-electron chi connectivity index (χ1n) is 7.78. The van der Waals surface area contributed by atoms with E-state index in [-0.39, 0.29) is 5.91 Å². The van der Waals surface area contributed by atoms with Crippen LogP contribution in [0.1, 0.15) is 43.9 Å². The first kappa shape index (κ1) is 14.1. The third-order valence-electron chi connectivity index (χ3n) is 4.49. The van der Waals surface area contributed by atoms with Crippen molar-refractivity contribution in [2.24, 2.45) is 5.92 Å². The average Bonchev–Trinajstić information content (AvgIpc) is 2.84. The van der Waals surface area contributed by atoms with E-state index in [1.54, 1.807) is 0 Å². The van der Waals surface area contributed by atoms with Crippen LogP contribution >= 0.6 is 0 Å². The van der Waals surface area contributed by atoms with Gasteiger partial charge in [-0.1, -0.05) is 36.6 Å².